The highest BCUT2D eigenvalue weighted by Crippen LogP contribution is 2.15. The van der Waals surface area contributed by atoms with Crippen LogP contribution in [0.2, 0.25) is 0 Å². The Morgan fingerprint density at radius 2 is 2.00 bits per heavy atom. The van der Waals surface area contributed by atoms with Crippen molar-refractivity contribution in [1.82, 2.24) is 14.4 Å². The van der Waals surface area contributed by atoms with Crippen molar-refractivity contribution in [3.8, 4) is 6.07 Å². The third-order valence-electron chi connectivity index (χ3n) is 4.01. The molecule has 1 fully saturated rings. The number of hydrogen-bond acceptors (Lipinski definition) is 6. The number of rotatable bonds is 5. The van der Waals surface area contributed by atoms with E-state index in [-0.39, 0.29) is 5.75 Å². The molecule has 0 amide bonds. The van der Waals surface area contributed by atoms with Crippen molar-refractivity contribution in [2.24, 2.45) is 0 Å². The fourth-order valence-electron chi connectivity index (χ4n) is 2.75. The van der Waals surface area contributed by atoms with Gasteiger partial charge in [-0.1, -0.05) is 17.3 Å². The first kappa shape index (κ1) is 16.6. The van der Waals surface area contributed by atoms with Crippen molar-refractivity contribution in [1.29, 1.82) is 5.26 Å². The molecular formula is C16H18N4O3S. The van der Waals surface area contributed by atoms with Gasteiger partial charge in [-0.3, -0.25) is 4.90 Å². The second-order valence-electron chi connectivity index (χ2n) is 5.73. The molecule has 0 aliphatic carbocycles. The van der Waals surface area contributed by atoms with Gasteiger partial charge in [0.15, 0.2) is 0 Å². The minimum atomic E-state index is -3.38. The molecule has 8 heteroatoms. The van der Waals surface area contributed by atoms with Gasteiger partial charge in [-0.05, 0) is 17.7 Å². The maximum atomic E-state index is 12.6. The second-order valence-corrected chi connectivity index (χ2v) is 7.70. The van der Waals surface area contributed by atoms with Gasteiger partial charge >= 0.3 is 0 Å². The predicted octanol–water partition coefficient (Wildman–Crippen LogP) is 1.19. The van der Waals surface area contributed by atoms with Gasteiger partial charge in [0, 0.05) is 38.8 Å². The maximum absolute atomic E-state index is 12.6. The normalized spacial score (nSPS) is 16.8. The van der Waals surface area contributed by atoms with E-state index in [2.05, 4.69) is 10.1 Å². The fraction of sp³-hybridized carbons (Fsp3) is 0.375. The van der Waals surface area contributed by atoms with Crippen LogP contribution in [0.1, 0.15) is 16.8 Å². The molecule has 0 atom stereocenters. The van der Waals surface area contributed by atoms with Crippen LogP contribution in [0.25, 0.3) is 0 Å². The Balaban J connectivity index is 1.59. The molecule has 0 N–H and O–H groups in total. The summed E-state index contributed by atoms with van der Waals surface area (Å²) in [5, 5.41) is 12.8. The first-order valence-electron chi connectivity index (χ1n) is 7.65. The molecule has 2 heterocycles. The Labute approximate surface area is 141 Å². The van der Waals surface area contributed by atoms with Crippen molar-refractivity contribution in [3.63, 3.8) is 0 Å². The van der Waals surface area contributed by atoms with Gasteiger partial charge in [0.2, 0.25) is 10.0 Å². The van der Waals surface area contributed by atoms with Crippen LogP contribution in [0.15, 0.2) is 41.1 Å². The molecule has 3 rings (SSSR count). The molecule has 24 heavy (non-hydrogen) atoms. The smallest absolute Gasteiger partial charge is 0.218 e. The molecule has 1 aliphatic rings. The van der Waals surface area contributed by atoms with Crippen molar-refractivity contribution in [3.05, 3.63) is 53.4 Å². The summed E-state index contributed by atoms with van der Waals surface area (Å²) in [7, 11) is -3.38. The molecule has 0 spiro atoms. The number of benzene rings is 1. The number of piperazine rings is 1. The van der Waals surface area contributed by atoms with E-state index in [9.17, 15) is 8.42 Å². The Morgan fingerprint density at radius 1 is 1.21 bits per heavy atom. The fourth-order valence-corrected chi connectivity index (χ4v) is 4.25. The molecule has 126 valence electrons. The maximum Gasteiger partial charge on any atom is 0.218 e. The number of aromatic nitrogens is 1. The molecule has 0 saturated carbocycles. The van der Waals surface area contributed by atoms with E-state index < -0.39 is 10.0 Å². The van der Waals surface area contributed by atoms with E-state index in [1.165, 1.54) is 10.6 Å². The molecule has 1 aliphatic heterocycles. The average molecular weight is 346 g/mol. The SMILES string of the molecule is N#Cc1cccc(CS(=O)(=O)N2CCN(Cc3ccon3)CC2)c1. The first-order valence-corrected chi connectivity index (χ1v) is 9.26. The molecule has 0 radical (unpaired) electrons. The van der Waals surface area contributed by atoms with Crippen molar-refractivity contribution in [2.75, 3.05) is 26.2 Å². The number of nitriles is 1. The Kier molecular flexibility index (Phi) is 4.94. The van der Waals surface area contributed by atoms with Crippen LogP contribution < -0.4 is 0 Å². The van der Waals surface area contributed by atoms with Gasteiger partial charge in [-0.15, -0.1) is 0 Å². The van der Waals surface area contributed by atoms with Crippen LogP contribution in [0.4, 0.5) is 0 Å². The van der Waals surface area contributed by atoms with Crippen LogP contribution in [-0.2, 0) is 22.3 Å². The third kappa shape index (κ3) is 4.00. The summed E-state index contributed by atoms with van der Waals surface area (Å²) in [6.07, 6.45) is 1.53. The van der Waals surface area contributed by atoms with E-state index in [0.29, 0.717) is 43.9 Å². The number of hydrogen-bond donors (Lipinski definition) is 0. The highest BCUT2D eigenvalue weighted by atomic mass is 32.2. The van der Waals surface area contributed by atoms with Crippen molar-refractivity contribution >= 4 is 10.0 Å². The van der Waals surface area contributed by atoms with Gasteiger partial charge in [-0.2, -0.15) is 9.57 Å². The summed E-state index contributed by atoms with van der Waals surface area (Å²) in [5.74, 6) is -0.0776. The van der Waals surface area contributed by atoms with Crippen LogP contribution in [-0.4, -0.2) is 49.0 Å². The molecule has 1 saturated heterocycles. The molecule has 1 aromatic heterocycles. The highest BCUT2D eigenvalue weighted by Gasteiger charge is 2.27. The molecule has 0 bridgehead atoms. The van der Waals surface area contributed by atoms with E-state index in [4.69, 9.17) is 9.78 Å². The molecular weight excluding hydrogens is 328 g/mol. The van der Waals surface area contributed by atoms with Crippen molar-refractivity contribution < 1.29 is 12.9 Å². The summed E-state index contributed by atoms with van der Waals surface area (Å²) < 4.78 is 31.5. The lowest BCUT2D eigenvalue weighted by molar-refractivity contribution is 0.177. The van der Waals surface area contributed by atoms with Gasteiger partial charge < -0.3 is 4.52 Å². The zero-order valence-electron chi connectivity index (χ0n) is 13.1. The summed E-state index contributed by atoms with van der Waals surface area (Å²) in [4.78, 5) is 2.15. The minimum absolute atomic E-state index is 0.0776. The van der Waals surface area contributed by atoms with Gasteiger partial charge in [0.1, 0.15) is 6.26 Å². The number of nitrogens with zero attached hydrogens (tertiary/aromatic N) is 4. The van der Waals surface area contributed by atoms with Crippen molar-refractivity contribution in [2.45, 2.75) is 12.3 Å². The lowest BCUT2D eigenvalue weighted by Gasteiger charge is -2.33. The van der Waals surface area contributed by atoms with E-state index in [0.717, 1.165) is 5.69 Å². The summed E-state index contributed by atoms with van der Waals surface area (Å²) in [5.41, 5.74) is 1.96. The minimum Gasteiger partial charge on any atom is -0.364 e. The largest absolute Gasteiger partial charge is 0.364 e. The monoisotopic (exact) mass is 346 g/mol. The highest BCUT2D eigenvalue weighted by molar-refractivity contribution is 7.88. The third-order valence-corrected chi connectivity index (χ3v) is 5.86. The zero-order chi connectivity index (χ0) is 17.0. The molecule has 1 aromatic carbocycles. The summed E-state index contributed by atoms with van der Waals surface area (Å²) >= 11 is 0. The lowest BCUT2D eigenvalue weighted by atomic mass is 10.2. The van der Waals surface area contributed by atoms with E-state index in [1.807, 2.05) is 12.1 Å². The number of sulfonamides is 1. The zero-order valence-corrected chi connectivity index (χ0v) is 13.9. The van der Waals surface area contributed by atoms with Gasteiger partial charge in [0.05, 0.1) is 23.1 Å². The summed E-state index contributed by atoms with van der Waals surface area (Å²) in [6, 6.07) is 10.6. The molecule has 0 unspecified atom stereocenters. The lowest BCUT2D eigenvalue weighted by Crippen LogP contribution is -2.48. The van der Waals surface area contributed by atoms with Gasteiger partial charge in [-0.25, -0.2) is 8.42 Å². The Hall–Kier alpha value is -2.21. The van der Waals surface area contributed by atoms with Crippen LogP contribution in [0.3, 0.4) is 0 Å². The van der Waals surface area contributed by atoms with Crippen LogP contribution >= 0.6 is 0 Å². The second kappa shape index (κ2) is 7.13. The van der Waals surface area contributed by atoms with Crippen LogP contribution in [0, 0.1) is 11.3 Å². The Morgan fingerprint density at radius 3 is 2.67 bits per heavy atom. The molecule has 7 nitrogen and oxygen atoms in total. The average Bonchev–Trinajstić information content (AvgIpc) is 3.08. The van der Waals surface area contributed by atoms with E-state index >= 15 is 0 Å². The van der Waals surface area contributed by atoms with Gasteiger partial charge in [0.25, 0.3) is 0 Å². The standard InChI is InChI=1S/C16H18N4O3S/c17-11-14-2-1-3-15(10-14)13-24(21,22)20-7-5-19(6-8-20)12-16-4-9-23-18-16/h1-4,9-10H,5-8,12-13H2. The Bertz CT molecular complexity index is 819. The molecule has 2 aromatic rings. The first-order chi connectivity index (χ1) is 11.6. The van der Waals surface area contributed by atoms with Crippen LogP contribution in [0.5, 0.6) is 0 Å². The summed E-state index contributed by atoms with van der Waals surface area (Å²) in [6.45, 7) is 2.89. The quantitative estimate of drug-likeness (QED) is 0.808. The predicted molar refractivity (Wildman–Crippen MR) is 87.1 cm³/mol. The van der Waals surface area contributed by atoms with E-state index in [1.54, 1.807) is 24.3 Å². The topological polar surface area (TPSA) is 90.4 Å².